The molecule has 3 atom stereocenters. The number of hydrogen-bond acceptors (Lipinski definition) is 8. The van der Waals surface area contributed by atoms with Gasteiger partial charge in [-0.3, -0.25) is 4.79 Å². The van der Waals surface area contributed by atoms with Crippen molar-refractivity contribution in [3.8, 4) is 11.5 Å². The molecule has 1 saturated heterocycles. The molecule has 0 amide bonds. The summed E-state index contributed by atoms with van der Waals surface area (Å²) in [6.45, 7) is 8.89. The SMILES string of the molecule is C=CC(=O)C[C@H]1C[C@H](c2ccc(OC)cc2)[C@@H](OCc2ccc3c(c2)N(CCCOC)CCO3)CN1S(=O)(=O)c1ccc(C)cc1. The van der Waals surface area contributed by atoms with Crippen LogP contribution in [0.25, 0.3) is 0 Å². The van der Waals surface area contributed by atoms with Crippen molar-refractivity contribution >= 4 is 21.5 Å². The zero-order valence-electron chi connectivity index (χ0n) is 26.9. The van der Waals surface area contributed by atoms with Gasteiger partial charge in [0.1, 0.15) is 18.1 Å². The van der Waals surface area contributed by atoms with E-state index in [0.717, 1.165) is 53.4 Å². The molecule has 0 aliphatic carbocycles. The Morgan fingerprint density at radius 1 is 1.07 bits per heavy atom. The van der Waals surface area contributed by atoms with E-state index in [9.17, 15) is 13.2 Å². The average Bonchev–Trinajstić information content (AvgIpc) is 3.07. The fourth-order valence-electron chi connectivity index (χ4n) is 6.27. The van der Waals surface area contributed by atoms with Gasteiger partial charge in [0.05, 0.1) is 36.9 Å². The van der Waals surface area contributed by atoms with E-state index in [2.05, 4.69) is 17.5 Å². The highest BCUT2D eigenvalue weighted by molar-refractivity contribution is 7.89. The van der Waals surface area contributed by atoms with Crippen molar-refractivity contribution in [3.05, 3.63) is 96.1 Å². The average molecular weight is 649 g/mol. The maximum Gasteiger partial charge on any atom is 0.243 e. The van der Waals surface area contributed by atoms with E-state index >= 15 is 0 Å². The van der Waals surface area contributed by atoms with E-state index in [1.165, 1.54) is 10.4 Å². The molecule has 0 N–H and O–H groups in total. The van der Waals surface area contributed by atoms with Gasteiger partial charge >= 0.3 is 0 Å². The molecule has 2 aliphatic rings. The Labute approximate surface area is 272 Å². The van der Waals surface area contributed by atoms with Gasteiger partial charge in [-0.05, 0) is 73.4 Å². The molecule has 46 heavy (non-hydrogen) atoms. The number of fused-ring (bicyclic) bond motifs is 1. The lowest BCUT2D eigenvalue weighted by Gasteiger charge is -2.43. The van der Waals surface area contributed by atoms with Gasteiger partial charge in [-0.2, -0.15) is 4.31 Å². The third-order valence-electron chi connectivity index (χ3n) is 8.80. The number of benzene rings is 3. The third-order valence-corrected chi connectivity index (χ3v) is 10.7. The summed E-state index contributed by atoms with van der Waals surface area (Å²) < 4.78 is 52.9. The zero-order valence-corrected chi connectivity index (χ0v) is 27.7. The monoisotopic (exact) mass is 648 g/mol. The van der Waals surface area contributed by atoms with Gasteiger partial charge in [0, 0.05) is 45.2 Å². The highest BCUT2D eigenvalue weighted by atomic mass is 32.2. The van der Waals surface area contributed by atoms with E-state index in [1.807, 2.05) is 43.3 Å². The number of ketones is 1. The van der Waals surface area contributed by atoms with Crippen LogP contribution in [-0.2, 0) is 30.9 Å². The number of sulfonamides is 1. The first-order chi connectivity index (χ1) is 22.2. The molecular weight excluding hydrogens is 604 g/mol. The lowest BCUT2D eigenvalue weighted by atomic mass is 9.82. The highest BCUT2D eigenvalue weighted by Gasteiger charge is 2.43. The predicted octanol–water partition coefficient (Wildman–Crippen LogP) is 5.52. The lowest BCUT2D eigenvalue weighted by Crippen LogP contribution is -2.52. The first-order valence-electron chi connectivity index (χ1n) is 15.7. The first-order valence-corrected chi connectivity index (χ1v) is 17.2. The van der Waals surface area contributed by atoms with Crippen LogP contribution in [0.2, 0.25) is 0 Å². The molecule has 0 radical (unpaired) electrons. The van der Waals surface area contributed by atoms with Crippen LogP contribution in [0.1, 0.15) is 41.9 Å². The minimum absolute atomic E-state index is 0.0394. The van der Waals surface area contributed by atoms with Crippen molar-refractivity contribution in [2.24, 2.45) is 0 Å². The van der Waals surface area contributed by atoms with Crippen molar-refractivity contribution in [2.45, 2.75) is 55.8 Å². The van der Waals surface area contributed by atoms with Crippen LogP contribution in [-0.4, -0.2) is 77.7 Å². The van der Waals surface area contributed by atoms with Gasteiger partial charge in [0.25, 0.3) is 0 Å². The predicted molar refractivity (Wildman–Crippen MR) is 178 cm³/mol. The fourth-order valence-corrected chi connectivity index (χ4v) is 7.92. The number of hydrogen-bond donors (Lipinski definition) is 0. The number of carbonyl (C=O) groups excluding carboxylic acids is 1. The molecule has 0 bridgehead atoms. The van der Waals surface area contributed by atoms with Gasteiger partial charge in [-0.15, -0.1) is 0 Å². The Hall–Kier alpha value is -3.70. The van der Waals surface area contributed by atoms with Gasteiger partial charge in [-0.1, -0.05) is 42.5 Å². The van der Waals surface area contributed by atoms with Crippen LogP contribution in [0, 0.1) is 6.92 Å². The van der Waals surface area contributed by atoms with Crippen LogP contribution in [0.5, 0.6) is 11.5 Å². The number of carbonyl (C=O) groups is 1. The zero-order chi connectivity index (χ0) is 32.7. The molecule has 246 valence electrons. The topological polar surface area (TPSA) is 94.6 Å². The number of nitrogens with zero attached hydrogens (tertiary/aromatic N) is 2. The van der Waals surface area contributed by atoms with Crippen LogP contribution < -0.4 is 14.4 Å². The second kappa shape index (κ2) is 15.3. The smallest absolute Gasteiger partial charge is 0.243 e. The molecular formula is C36H44N2O7S. The number of methoxy groups -OCH3 is 2. The maximum absolute atomic E-state index is 14.1. The first kappa shape index (κ1) is 33.7. The molecule has 3 aromatic carbocycles. The van der Waals surface area contributed by atoms with Crippen molar-refractivity contribution in [1.82, 2.24) is 4.31 Å². The summed E-state index contributed by atoms with van der Waals surface area (Å²) in [7, 11) is -0.603. The number of piperidine rings is 1. The number of anilines is 1. The fraction of sp³-hybridized carbons (Fsp3) is 0.417. The number of ether oxygens (including phenoxy) is 4. The Morgan fingerprint density at radius 2 is 1.83 bits per heavy atom. The van der Waals surface area contributed by atoms with Gasteiger partial charge in [0.2, 0.25) is 10.0 Å². The molecule has 9 nitrogen and oxygen atoms in total. The standard InChI is InChI=1S/C36H44N2O7S/c1-5-30(39)22-29-23-33(28-10-12-31(43-4)13-11-28)36(24-38(29)46(40,41)32-14-7-26(2)8-15-32)45-25-27-9-16-35-34(21-27)37(18-20-44-35)17-6-19-42-3/h5,7-16,21,29,33,36H,1,6,17-20,22-25H2,2-4H3/t29-,33+,36-/m0/s1. The molecule has 2 heterocycles. The number of rotatable bonds is 14. The van der Waals surface area contributed by atoms with Gasteiger partial charge in [0.15, 0.2) is 5.78 Å². The Bertz CT molecular complexity index is 1590. The van der Waals surface area contributed by atoms with E-state index in [1.54, 1.807) is 38.5 Å². The van der Waals surface area contributed by atoms with Crippen LogP contribution in [0.15, 0.2) is 84.3 Å². The van der Waals surface area contributed by atoms with E-state index in [-0.39, 0.29) is 36.2 Å². The summed E-state index contributed by atoms with van der Waals surface area (Å²) in [4.78, 5) is 15.2. The molecule has 5 rings (SSSR count). The normalized spacial score (nSPS) is 20.1. The molecule has 0 unspecified atom stereocenters. The van der Waals surface area contributed by atoms with Crippen molar-refractivity contribution in [2.75, 3.05) is 52.0 Å². The Morgan fingerprint density at radius 3 is 2.52 bits per heavy atom. The minimum atomic E-state index is -3.93. The van der Waals surface area contributed by atoms with E-state index < -0.39 is 22.2 Å². The van der Waals surface area contributed by atoms with Gasteiger partial charge in [-0.25, -0.2) is 8.42 Å². The molecule has 0 aromatic heterocycles. The van der Waals surface area contributed by atoms with Gasteiger partial charge < -0.3 is 23.8 Å². The summed E-state index contributed by atoms with van der Waals surface area (Å²) in [5.74, 6) is 1.20. The highest BCUT2D eigenvalue weighted by Crippen LogP contribution is 2.39. The van der Waals surface area contributed by atoms with Crippen molar-refractivity contribution in [3.63, 3.8) is 0 Å². The van der Waals surface area contributed by atoms with Crippen LogP contribution in [0.3, 0.4) is 0 Å². The lowest BCUT2D eigenvalue weighted by molar-refractivity contribution is -0.116. The Kier molecular flexibility index (Phi) is 11.2. The Balaban J connectivity index is 1.45. The van der Waals surface area contributed by atoms with Crippen LogP contribution in [0.4, 0.5) is 5.69 Å². The summed E-state index contributed by atoms with van der Waals surface area (Å²) in [5.41, 5.74) is 3.94. The van der Waals surface area contributed by atoms with E-state index in [0.29, 0.717) is 19.6 Å². The minimum Gasteiger partial charge on any atom is -0.497 e. The molecule has 0 saturated carbocycles. The van der Waals surface area contributed by atoms with E-state index in [4.69, 9.17) is 18.9 Å². The quantitative estimate of drug-likeness (QED) is 0.167. The molecule has 2 aliphatic heterocycles. The van der Waals surface area contributed by atoms with Crippen LogP contribution >= 0.6 is 0 Å². The van der Waals surface area contributed by atoms with Crippen molar-refractivity contribution < 1.29 is 32.2 Å². The third kappa shape index (κ3) is 7.81. The number of aryl methyl sites for hydroxylation is 1. The molecule has 1 fully saturated rings. The molecule has 0 spiro atoms. The molecule has 10 heteroatoms. The molecule has 3 aromatic rings. The largest absolute Gasteiger partial charge is 0.497 e. The second-order valence-electron chi connectivity index (χ2n) is 11.9. The number of allylic oxidation sites excluding steroid dienone is 1. The summed E-state index contributed by atoms with van der Waals surface area (Å²) in [6.07, 6.45) is 2.14. The second-order valence-corrected chi connectivity index (χ2v) is 13.8. The summed E-state index contributed by atoms with van der Waals surface area (Å²) >= 11 is 0. The summed E-state index contributed by atoms with van der Waals surface area (Å²) in [6, 6.07) is 20.1. The van der Waals surface area contributed by atoms with Crippen molar-refractivity contribution in [1.29, 1.82) is 0 Å². The maximum atomic E-state index is 14.1. The summed E-state index contributed by atoms with van der Waals surface area (Å²) in [5, 5.41) is 0.